The second-order valence-corrected chi connectivity index (χ2v) is 5.90. The summed E-state index contributed by atoms with van der Waals surface area (Å²) >= 11 is 0. The molecule has 0 aliphatic carbocycles. The van der Waals surface area contributed by atoms with Gasteiger partial charge < -0.3 is 10.1 Å². The van der Waals surface area contributed by atoms with E-state index in [-0.39, 0.29) is 0 Å². The lowest BCUT2D eigenvalue weighted by Crippen LogP contribution is -2.41. The maximum Gasteiger partial charge on any atom is 0.0465 e. The van der Waals surface area contributed by atoms with E-state index in [2.05, 4.69) is 63.5 Å². The molecule has 0 aliphatic rings. The second kappa shape index (κ2) is 9.15. The molecule has 0 bridgehead atoms. The van der Waals surface area contributed by atoms with Crippen LogP contribution in [0.3, 0.4) is 0 Å². The van der Waals surface area contributed by atoms with Crippen LogP contribution in [-0.4, -0.2) is 26.8 Å². The SMILES string of the molecule is CCC(C)C(c1ccccc1)C(NC)C(C)CCOC. The second-order valence-electron chi connectivity index (χ2n) is 5.90. The van der Waals surface area contributed by atoms with Crippen LogP contribution < -0.4 is 5.32 Å². The molecule has 20 heavy (non-hydrogen) atoms. The standard InChI is InChI=1S/C18H31NO/c1-6-14(2)17(16-10-8-7-9-11-16)18(19-4)15(3)12-13-20-5/h7-11,14-15,17-19H,6,12-13H2,1-5H3. The molecular weight excluding hydrogens is 246 g/mol. The Bertz CT molecular complexity index is 352. The number of nitrogens with one attached hydrogen (secondary N) is 1. The third-order valence-electron chi connectivity index (χ3n) is 4.55. The van der Waals surface area contributed by atoms with Crippen molar-refractivity contribution in [1.29, 1.82) is 0 Å². The third-order valence-corrected chi connectivity index (χ3v) is 4.55. The first-order chi connectivity index (χ1) is 9.65. The molecule has 0 saturated carbocycles. The Morgan fingerprint density at radius 2 is 1.75 bits per heavy atom. The number of benzene rings is 1. The predicted octanol–water partition coefficient (Wildman–Crippen LogP) is 4.08. The van der Waals surface area contributed by atoms with E-state index in [0.29, 0.717) is 23.8 Å². The maximum absolute atomic E-state index is 5.25. The number of methoxy groups -OCH3 is 1. The van der Waals surface area contributed by atoms with Crippen molar-refractivity contribution in [3.8, 4) is 0 Å². The van der Waals surface area contributed by atoms with Gasteiger partial charge in [-0.3, -0.25) is 0 Å². The first kappa shape index (κ1) is 17.2. The summed E-state index contributed by atoms with van der Waals surface area (Å²) in [6.45, 7) is 7.82. The lowest BCUT2D eigenvalue weighted by atomic mass is 9.75. The first-order valence-corrected chi connectivity index (χ1v) is 7.86. The molecule has 4 unspecified atom stereocenters. The Labute approximate surface area is 124 Å². The van der Waals surface area contributed by atoms with Crippen LogP contribution >= 0.6 is 0 Å². The predicted molar refractivity (Wildman–Crippen MR) is 87.1 cm³/mol. The van der Waals surface area contributed by atoms with Gasteiger partial charge in [-0.05, 0) is 30.9 Å². The fourth-order valence-corrected chi connectivity index (χ4v) is 3.12. The van der Waals surface area contributed by atoms with Gasteiger partial charge in [0.15, 0.2) is 0 Å². The fraction of sp³-hybridized carbons (Fsp3) is 0.667. The molecule has 0 heterocycles. The zero-order valence-corrected chi connectivity index (χ0v) is 13.7. The molecule has 4 atom stereocenters. The molecule has 0 aromatic heterocycles. The number of hydrogen-bond acceptors (Lipinski definition) is 2. The molecule has 1 N–H and O–H groups in total. The average molecular weight is 277 g/mol. The van der Waals surface area contributed by atoms with Crippen LogP contribution in [0.25, 0.3) is 0 Å². The minimum atomic E-state index is 0.488. The molecule has 114 valence electrons. The highest BCUT2D eigenvalue weighted by molar-refractivity contribution is 5.22. The van der Waals surface area contributed by atoms with Crippen LogP contribution in [0.2, 0.25) is 0 Å². The largest absolute Gasteiger partial charge is 0.385 e. The zero-order valence-electron chi connectivity index (χ0n) is 13.7. The summed E-state index contributed by atoms with van der Waals surface area (Å²) in [6.07, 6.45) is 2.30. The molecule has 0 fully saturated rings. The summed E-state index contributed by atoms with van der Waals surface area (Å²) in [5.74, 6) is 1.82. The molecule has 0 saturated heterocycles. The minimum absolute atomic E-state index is 0.488. The summed E-state index contributed by atoms with van der Waals surface area (Å²) in [5, 5.41) is 3.57. The number of hydrogen-bond donors (Lipinski definition) is 1. The van der Waals surface area contributed by atoms with Gasteiger partial charge in [0, 0.05) is 25.7 Å². The van der Waals surface area contributed by atoms with Gasteiger partial charge in [-0.1, -0.05) is 57.5 Å². The minimum Gasteiger partial charge on any atom is -0.385 e. The summed E-state index contributed by atoms with van der Waals surface area (Å²) < 4.78 is 5.25. The van der Waals surface area contributed by atoms with E-state index in [0.717, 1.165) is 13.0 Å². The van der Waals surface area contributed by atoms with Crippen molar-refractivity contribution >= 4 is 0 Å². The van der Waals surface area contributed by atoms with Crippen LogP contribution in [-0.2, 0) is 4.74 Å². The molecular formula is C18H31NO. The Balaban J connectivity index is 2.95. The van der Waals surface area contributed by atoms with E-state index in [1.54, 1.807) is 7.11 Å². The normalized spacial score (nSPS) is 17.4. The van der Waals surface area contributed by atoms with Gasteiger partial charge in [0.2, 0.25) is 0 Å². The van der Waals surface area contributed by atoms with Gasteiger partial charge in [0.1, 0.15) is 0 Å². The van der Waals surface area contributed by atoms with Crippen molar-refractivity contribution in [2.45, 2.75) is 45.6 Å². The van der Waals surface area contributed by atoms with Crippen LogP contribution in [0.15, 0.2) is 30.3 Å². The Hall–Kier alpha value is -0.860. The molecule has 0 radical (unpaired) electrons. The highest BCUT2D eigenvalue weighted by atomic mass is 16.5. The third kappa shape index (κ3) is 4.60. The lowest BCUT2D eigenvalue weighted by molar-refractivity contribution is 0.161. The van der Waals surface area contributed by atoms with Crippen molar-refractivity contribution in [1.82, 2.24) is 5.32 Å². The van der Waals surface area contributed by atoms with Crippen LogP contribution in [0.1, 0.15) is 45.1 Å². The van der Waals surface area contributed by atoms with Gasteiger partial charge in [0.05, 0.1) is 0 Å². The summed E-state index contributed by atoms with van der Waals surface area (Å²) in [7, 11) is 3.87. The molecule has 0 amide bonds. The van der Waals surface area contributed by atoms with Crippen LogP contribution in [0, 0.1) is 11.8 Å². The highest BCUT2D eigenvalue weighted by Crippen LogP contribution is 2.34. The lowest BCUT2D eigenvalue weighted by Gasteiger charge is -2.36. The van der Waals surface area contributed by atoms with E-state index in [4.69, 9.17) is 4.74 Å². The molecule has 2 nitrogen and oxygen atoms in total. The summed E-state index contributed by atoms with van der Waals surface area (Å²) in [4.78, 5) is 0. The van der Waals surface area contributed by atoms with E-state index in [1.807, 2.05) is 0 Å². The number of likely N-dealkylation sites (N-methyl/N-ethyl adjacent to an activating group) is 1. The van der Waals surface area contributed by atoms with Gasteiger partial charge in [0.25, 0.3) is 0 Å². The molecule has 1 aromatic rings. The van der Waals surface area contributed by atoms with E-state index in [1.165, 1.54) is 12.0 Å². The fourth-order valence-electron chi connectivity index (χ4n) is 3.12. The van der Waals surface area contributed by atoms with Gasteiger partial charge in [-0.2, -0.15) is 0 Å². The Kier molecular flexibility index (Phi) is 7.86. The topological polar surface area (TPSA) is 21.3 Å². The zero-order chi connectivity index (χ0) is 15.0. The quantitative estimate of drug-likeness (QED) is 0.734. The van der Waals surface area contributed by atoms with E-state index >= 15 is 0 Å². The van der Waals surface area contributed by atoms with Crippen molar-refractivity contribution in [3.05, 3.63) is 35.9 Å². The maximum atomic E-state index is 5.25. The molecule has 0 spiro atoms. The molecule has 1 aromatic carbocycles. The summed E-state index contributed by atoms with van der Waals surface area (Å²) in [5.41, 5.74) is 1.45. The number of ether oxygens (including phenoxy) is 1. The van der Waals surface area contributed by atoms with Crippen molar-refractivity contribution in [2.24, 2.45) is 11.8 Å². The molecule has 2 heteroatoms. The van der Waals surface area contributed by atoms with Gasteiger partial charge in [-0.25, -0.2) is 0 Å². The molecule has 1 rings (SSSR count). The van der Waals surface area contributed by atoms with E-state index in [9.17, 15) is 0 Å². The van der Waals surface area contributed by atoms with E-state index < -0.39 is 0 Å². The monoisotopic (exact) mass is 277 g/mol. The van der Waals surface area contributed by atoms with Gasteiger partial charge in [-0.15, -0.1) is 0 Å². The first-order valence-electron chi connectivity index (χ1n) is 7.86. The Morgan fingerprint density at radius 1 is 1.10 bits per heavy atom. The van der Waals surface area contributed by atoms with Crippen LogP contribution in [0.4, 0.5) is 0 Å². The summed E-state index contributed by atoms with van der Waals surface area (Å²) in [6, 6.07) is 11.4. The highest BCUT2D eigenvalue weighted by Gasteiger charge is 2.30. The van der Waals surface area contributed by atoms with Crippen molar-refractivity contribution in [3.63, 3.8) is 0 Å². The van der Waals surface area contributed by atoms with Crippen molar-refractivity contribution < 1.29 is 4.74 Å². The van der Waals surface area contributed by atoms with Crippen molar-refractivity contribution in [2.75, 3.05) is 20.8 Å². The average Bonchev–Trinajstić information content (AvgIpc) is 2.50. The number of rotatable bonds is 9. The molecule has 0 aliphatic heterocycles. The smallest absolute Gasteiger partial charge is 0.0465 e. The Morgan fingerprint density at radius 3 is 2.25 bits per heavy atom. The van der Waals surface area contributed by atoms with Gasteiger partial charge >= 0.3 is 0 Å². The van der Waals surface area contributed by atoms with Crippen LogP contribution in [0.5, 0.6) is 0 Å².